The van der Waals surface area contributed by atoms with Crippen molar-refractivity contribution < 1.29 is 23.9 Å². The van der Waals surface area contributed by atoms with Crippen molar-refractivity contribution in [3.05, 3.63) is 58.7 Å². The van der Waals surface area contributed by atoms with Crippen molar-refractivity contribution in [3.63, 3.8) is 0 Å². The van der Waals surface area contributed by atoms with E-state index in [-0.39, 0.29) is 30.7 Å². The molecule has 3 aliphatic heterocycles. The minimum Gasteiger partial charge on any atom is -0.486 e. The number of benzene rings is 2. The zero-order chi connectivity index (χ0) is 22.9. The Bertz CT molecular complexity index is 1110. The van der Waals surface area contributed by atoms with E-state index in [1.54, 1.807) is 12.1 Å². The summed E-state index contributed by atoms with van der Waals surface area (Å²) in [6.45, 7) is 6.73. The summed E-state index contributed by atoms with van der Waals surface area (Å²) in [5.41, 5.74) is 2.94. The molecule has 2 aromatic rings. The highest BCUT2D eigenvalue weighted by molar-refractivity contribution is 6.21. The largest absolute Gasteiger partial charge is 0.486 e. The first-order valence-electron chi connectivity index (χ1n) is 11.3. The van der Waals surface area contributed by atoms with Crippen LogP contribution >= 0.6 is 0 Å². The quantitative estimate of drug-likeness (QED) is 0.651. The number of carbonyl (C=O) groups excluding carboxylic acids is 3. The van der Waals surface area contributed by atoms with Crippen LogP contribution in [0.5, 0.6) is 11.5 Å². The van der Waals surface area contributed by atoms with Gasteiger partial charge in [0.2, 0.25) is 5.91 Å². The van der Waals surface area contributed by atoms with Crippen LogP contribution in [0.3, 0.4) is 0 Å². The Hall–Kier alpha value is -3.39. The average Bonchev–Trinajstić information content (AvgIpc) is 3.06. The van der Waals surface area contributed by atoms with Crippen molar-refractivity contribution in [2.24, 2.45) is 0 Å². The van der Waals surface area contributed by atoms with E-state index in [4.69, 9.17) is 9.47 Å². The number of fused-ring (bicyclic) bond motifs is 2. The summed E-state index contributed by atoms with van der Waals surface area (Å²) < 4.78 is 11.2. The molecule has 0 atom stereocenters. The van der Waals surface area contributed by atoms with Crippen LogP contribution in [0.15, 0.2) is 36.4 Å². The lowest BCUT2D eigenvalue weighted by molar-refractivity contribution is -0.133. The lowest BCUT2D eigenvalue weighted by Gasteiger charge is -2.35. The molecule has 0 aliphatic carbocycles. The smallest absolute Gasteiger partial charge is 0.261 e. The van der Waals surface area contributed by atoms with Gasteiger partial charge in [-0.1, -0.05) is 17.7 Å². The Morgan fingerprint density at radius 2 is 1.61 bits per heavy atom. The number of hydrogen-bond donors (Lipinski definition) is 0. The lowest BCUT2D eigenvalue weighted by Crippen LogP contribution is -2.49. The zero-order valence-electron chi connectivity index (χ0n) is 18.7. The maximum absolute atomic E-state index is 12.7. The molecular formula is C25H27N3O5. The van der Waals surface area contributed by atoms with Crippen molar-refractivity contribution in [3.8, 4) is 11.5 Å². The third-order valence-corrected chi connectivity index (χ3v) is 6.41. The standard InChI is InChI=1S/C25H27N3O5/c1-17-2-4-19-20(14-17)25(31)28(24(19)30)7-6-23(29)27-10-8-26(9-11-27)16-18-3-5-21-22(15-18)33-13-12-32-21/h2-5,14-15H,6-13,16H2,1H3. The average molecular weight is 450 g/mol. The molecule has 3 amide bonds. The van der Waals surface area contributed by atoms with E-state index in [9.17, 15) is 14.4 Å². The zero-order valence-corrected chi connectivity index (χ0v) is 18.7. The Morgan fingerprint density at radius 1 is 0.879 bits per heavy atom. The maximum atomic E-state index is 12.7. The van der Waals surface area contributed by atoms with E-state index in [1.165, 1.54) is 4.90 Å². The van der Waals surface area contributed by atoms with Crippen LogP contribution in [0.2, 0.25) is 0 Å². The fourth-order valence-corrected chi connectivity index (χ4v) is 4.57. The molecule has 0 unspecified atom stereocenters. The molecule has 0 radical (unpaired) electrons. The minimum absolute atomic E-state index is 0.0262. The molecule has 3 heterocycles. The molecule has 172 valence electrons. The van der Waals surface area contributed by atoms with E-state index in [1.807, 2.05) is 30.0 Å². The van der Waals surface area contributed by atoms with E-state index in [0.717, 1.165) is 42.3 Å². The Kier molecular flexibility index (Phi) is 5.76. The summed E-state index contributed by atoms with van der Waals surface area (Å²) in [4.78, 5) is 43.3. The van der Waals surface area contributed by atoms with Gasteiger partial charge in [-0.15, -0.1) is 0 Å². The molecule has 0 spiro atoms. The van der Waals surface area contributed by atoms with Gasteiger partial charge >= 0.3 is 0 Å². The Labute approximate surface area is 192 Å². The Balaban J connectivity index is 1.11. The van der Waals surface area contributed by atoms with Crippen molar-refractivity contribution >= 4 is 17.7 Å². The molecule has 3 aliphatic rings. The molecule has 33 heavy (non-hydrogen) atoms. The van der Waals surface area contributed by atoms with Gasteiger partial charge in [0.05, 0.1) is 11.1 Å². The van der Waals surface area contributed by atoms with Crippen molar-refractivity contribution in [1.29, 1.82) is 0 Å². The van der Waals surface area contributed by atoms with Crippen LogP contribution in [-0.2, 0) is 11.3 Å². The maximum Gasteiger partial charge on any atom is 0.261 e. The molecule has 1 fully saturated rings. The number of imide groups is 1. The molecule has 2 aromatic carbocycles. The Morgan fingerprint density at radius 3 is 2.39 bits per heavy atom. The molecule has 8 nitrogen and oxygen atoms in total. The van der Waals surface area contributed by atoms with Gasteiger partial charge in [-0.05, 0) is 36.8 Å². The van der Waals surface area contributed by atoms with Gasteiger partial charge in [0.1, 0.15) is 13.2 Å². The van der Waals surface area contributed by atoms with E-state index < -0.39 is 0 Å². The van der Waals surface area contributed by atoms with Gasteiger partial charge in [0.15, 0.2) is 11.5 Å². The van der Waals surface area contributed by atoms with Crippen molar-refractivity contribution in [2.45, 2.75) is 19.9 Å². The van der Waals surface area contributed by atoms with Gasteiger partial charge in [0, 0.05) is 45.7 Å². The number of carbonyl (C=O) groups is 3. The molecule has 0 N–H and O–H groups in total. The molecule has 8 heteroatoms. The second kappa shape index (κ2) is 8.86. The van der Waals surface area contributed by atoms with Crippen molar-refractivity contribution in [2.75, 3.05) is 45.9 Å². The molecular weight excluding hydrogens is 422 g/mol. The highest BCUT2D eigenvalue weighted by Crippen LogP contribution is 2.31. The number of rotatable bonds is 5. The van der Waals surface area contributed by atoms with Gasteiger partial charge in [-0.25, -0.2) is 0 Å². The number of hydrogen-bond acceptors (Lipinski definition) is 6. The van der Waals surface area contributed by atoms with Gasteiger partial charge in [-0.3, -0.25) is 24.2 Å². The van der Waals surface area contributed by atoms with E-state index in [2.05, 4.69) is 11.0 Å². The summed E-state index contributed by atoms with van der Waals surface area (Å²) in [7, 11) is 0. The van der Waals surface area contributed by atoms with Crippen LogP contribution in [0.4, 0.5) is 0 Å². The number of ether oxygens (including phenoxy) is 2. The first kappa shape index (κ1) is 21.5. The molecule has 0 bridgehead atoms. The fourth-order valence-electron chi connectivity index (χ4n) is 4.57. The highest BCUT2D eigenvalue weighted by Gasteiger charge is 2.35. The predicted octanol–water partition coefficient (Wildman–Crippen LogP) is 2.10. The van der Waals surface area contributed by atoms with Crippen LogP contribution in [-0.4, -0.2) is 78.4 Å². The first-order chi connectivity index (χ1) is 16.0. The van der Waals surface area contributed by atoms with Crippen molar-refractivity contribution in [1.82, 2.24) is 14.7 Å². The fraction of sp³-hybridized carbons (Fsp3) is 0.400. The summed E-state index contributed by atoms with van der Waals surface area (Å²) in [5.74, 6) is 0.925. The number of aryl methyl sites for hydroxylation is 1. The van der Waals surface area contributed by atoms with E-state index in [0.29, 0.717) is 37.4 Å². The number of piperazine rings is 1. The predicted molar refractivity (Wildman–Crippen MR) is 120 cm³/mol. The van der Waals surface area contributed by atoms with Crippen LogP contribution < -0.4 is 9.47 Å². The summed E-state index contributed by atoms with van der Waals surface area (Å²) >= 11 is 0. The first-order valence-corrected chi connectivity index (χ1v) is 11.3. The van der Waals surface area contributed by atoms with E-state index >= 15 is 0 Å². The molecule has 5 rings (SSSR count). The van der Waals surface area contributed by atoms with Crippen LogP contribution in [0, 0.1) is 6.92 Å². The van der Waals surface area contributed by atoms with Crippen LogP contribution in [0.25, 0.3) is 0 Å². The molecule has 1 saturated heterocycles. The van der Waals surface area contributed by atoms with Gasteiger partial charge < -0.3 is 14.4 Å². The monoisotopic (exact) mass is 449 g/mol. The second-order valence-corrected chi connectivity index (χ2v) is 8.70. The highest BCUT2D eigenvalue weighted by atomic mass is 16.6. The third-order valence-electron chi connectivity index (χ3n) is 6.41. The minimum atomic E-state index is -0.313. The second-order valence-electron chi connectivity index (χ2n) is 8.70. The van der Waals surface area contributed by atoms with Gasteiger partial charge in [-0.2, -0.15) is 0 Å². The molecule has 0 saturated carbocycles. The third kappa shape index (κ3) is 4.30. The summed E-state index contributed by atoms with van der Waals surface area (Å²) in [6, 6.07) is 11.3. The summed E-state index contributed by atoms with van der Waals surface area (Å²) in [6.07, 6.45) is 0.145. The topological polar surface area (TPSA) is 79.4 Å². The summed E-state index contributed by atoms with van der Waals surface area (Å²) in [5, 5.41) is 0. The normalized spacial score (nSPS) is 18.0. The number of amides is 3. The number of nitrogens with zero attached hydrogens (tertiary/aromatic N) is 3. The lowest BCUT2D eigenvalue weighted by atomic mass is 10.1. The SMILES string of the molecule is Cc1ccc2c(c1)C(=O)N(CCC(=O)N1CCN(Cc3ccc4c(c3)OCCO4)CC1)C2=O. The molecule has 0 aromatic heterocycles. The van der Waals surface area contributed by atoms with Gasteiger partial charge in [0.25, 0.3) is 11.8 Å². The van der Waals surface area contributed by atoms with Crippen LogP contribution in [0.1, 0.15) is 38.3 Å².